The highest BCUT2D eigenvalue weighted by Crippen LogP contribution is 2.27. The van der Waals surface area contributed by atoms with Gasteiger partial charge in [0.15, 0.2) is 16.7 Å². The van der Waals surface area contributed by atoms with E-state index >= 15 is 0 Å². The van der Waals surface area contributed by atoms with Crippen molar-refractivity contribution in [2.45, 2.75) is 30.8 Å². The van der Waals surface area contributed by atoms with E-state index in [1.807, 2.05) is 17.6 Å². The van der Waals surface area contributed by atoms with Crippen LogP contribution in [0.25, 0.3) is 11.6 Å². The van der Waals surface area contributed by atoms with E-state index in [-0.39, 0.29) is 11.2 Å². The average molecular weight is 367 g/mol. The molecule has 1 aromatic carbocycles. The lowest BCUT2D eigenvalue weighted by atomic mass is 10.2. The summed E-state index contributed by atoms with van der Waals surface area (Å²) in [4.78, 5) is 12.5. The standard InChI is InChI=1S/C18H17N5O2S/c1-3-23-16(15-8-5-9-25-15)21-22-18(23)26-12(2)17(24)20-14-7-4-6-13(10-14)11-19/h4-10,12H,3H2,1-2H3,(H,20,24). The van der Waals surface area contributed by atoms with Crippen LogP contribution >= 0.6 is 11.8 Å². The number of carbonyl (C=O) groups is 1. The summed E-state index contributed by atoms with van der Waals surface area (Å²) in [6.07, 6.45) is 1.59. The highest BCUT2D eigenvalue weighted by Gasteiger charge is 2.21. The van der Waals surface area contributed by atoms with Gasteiger partial charge in [0.2, 0.25) is 5.91 Å². The molecule has 0 fully saturated rings. The molecular weight excluding hydrogens is 350 g/mol. The van der Waals surface area contributed by atoms with Crippen LogP contribution in [-0.2, 0) is 11.3 Å². The molecule has 0 aliphatic heterocycles. The van der Waals surface area contributed by atoms with E-state index in [1.165, 1.54) is 11.8 Å². The molecule has 8 heteroatoms. The number of aromatic nitrogens is 3. The number of hydrogen-bond donors (Lipinski definition) is 1. The first-order valence-corrected chi connectivity index (χ1v) is 8.95. The van der Waals surface area contributed by atoms with E-state index in [0.29, 0.717) is 34.5 Å². The molecule has 132 valence electrons. The Kier molecular flexibility index (Phi) is 5.39. The maximum atomic E-state index is 12.5. The Balaban J connectivity index is 1.72. The summed E-state index contributed by atoms with van der Waals surface area (Å²) in [7, 11) is 0. The number of furan rings is 1. The summed E-state index contributed by atoms with van der Waals surface area (Å²) in [6.45, 7) is 4.44. The molecule has 0 saturated carbocycles. The van der Waals surface area contributed by atoms with E-state index in [9.17, 15) is 4.79 Å². The molecule has 1 N–H and O–H groups in total. The Bertz CT molecular complexity index is 943. The van der Waals surface area contributed by atoms with Gasteiger partial charge in [0.05, 0.1) is 23.1 Å². The Morgan fingerprint density at radius 1 is 1.38 bits per heavy atom. The van der Waals surface area contributed by atoms with Crippen LogP contribution < -0.4 is 5.32 Å². The summed E-state index contributed by atoms with van der Waals surface area (Å²) in [5.74, 6) is 1.10. The van der Waals surface area contributed by atoms with Gasteiger partial charge < -0.3 is 9.73 Å². The monoisotopic (exact) mass is 367 g/mol. The first-order chi connectivity index (χ1) is 12.6. The number of rotatable bonds is 6. The van der Waals surface area contributed by atoms with Gasteiger partial charge in [0, 0.05) is 12.2 Å². The lowest BCUT2D eigenvalue weighted by molar-refractivity contribution is -0.115. The number of nitriles is 1. The van der Waals surface area contributed by atoms with Crippen molar-refractivity contribution in [2.75, 3.05) is 5.32 Å². The molecule has 3 aromatic rings. The smallest absolute Gasteiger partial charge is 0.237 e. The predicted molar refractivity (Wildman–Crippen MR) is 98.5 cm³/mol. The van der Waals surface area contributed by atoms with E-state index in [1.54, 1.807) is 43.5 Å². The Morgan fingerprint density at radius 2 is 2.23 bits per heavy atom. The molecule has 2 aromatic heterocycles. The van der Waals surface area contributed by atoms with Gasteiger partial charge in [-0.15, -0.1) is 10.2 Å². The summed E-state index contributed by atoms with van der Waals surface area (Å²) in [5.41, 5.74) is 1.09. The molecule has 1 amide bonds. The van der Waals surface area contributed by atoms with Crippen LogP contribution in [0.1, 0.15) is 19.4 Å². The average Bonchev–Trinajstić information content (AvgIpc) is 3.31. The van der Waals surface area contributed by atoms with Gasteiger partial charge in [-0.3, -0.25) is 9.36 Å². The van der Waals surface area contributed by atoms with Crippen molar-refractivity contribution in [3.8, 4) is 17.7 Å². The zero-order valence-corrected chi connectivity index (χ0v) is 15.2. The normalized spacial score (nSPS) is 11.7. The lowest BCUT2D eigenvalue weighted by Crippen LogP contribution is -2.23. The molecule has 0 spiro atoms. The second kappa shape index (κ2) is 7.89. The highest BCUT2D eigenvalue weighted by molar-refractivity contribution is 8.00. The van der Waals surface area contributed by atoms with Gasteiger partial charge in [-0.05, 0) is 44.2 Å². The molecule has 0 aliphatic carbocycles. The van der Waals surface area contributed by atoms with Crippen molar-refractivity contribution in [1.29, 1.82) is 5.26 Å². The minimum Gasteiger partial charge on any atom is -0.461 e. The number of thioether (sulfide) groups is 1. The van der Waals surface area contributed by atoms with Crippen molar-refractivity contribution in [1.82, 2.24) is 14.8 Å². The number of benzene rings is 1. The quantitative estimate of drug-likeness (QED) is 0.669. The van der Waals surface area contributed by atoms with Crippen LogP contribution in [0.5, 0.6) is 0 Å². The van der Waals surface area contributed by atoms with Crippen LogP contribution in [0.2, 0.25) is 0 Å². The predicted octanol–water partition coefficient (Wildman–Crippen LogP) is 3.55. The third kappa shape index (κ3) is 3.78. The number of amides is 1. The first kappa shape index (κ1) is 17.8. The number of nitrogens with one attached hydrogen (secondary N) is 1. The van der Waals surface area contributed by atoms with Gasteiger partial charge in [0.1, 0.15) is 0 Å². The zero-order valence-electron chi connectivity index (χ0n) is 14.3. The van der Waals surface area contributed by atoms with E-state index in [0.717, 1.165) is 0 Å². The summed E-state index contributed by atoms with van der Waals surface area (Å²) in [6, 6.07) is 12.5. The van der Waals surface area contributed by atoms with Gasteiger partial charge in [-0.2, -0.15) is 5.26 Å². The molecular formula is C18H17N5O2S. The summed E-state index contributed by atoms with van der Waals surface area (Å²) >= 11 is 1.32. The molecule has 2 heterocycles. The Labute approximate surface area is 155 Å². The van der Waals surface area contributed by atoms with Crippen molar-refractivity contribution < 1.29 is 9.21 Å². The number of hydrogen-bond acceptors (Lipinski definition) is 6. The second-order valence-corrected chi connectivity index (χ2v) is 6.78. The first-order valence-electron chi connectivity index (χ1n) is 8.07. The molecule has 1 atom stereocenters. The van der Waals surface area contributed by atoms with Crippen LogP contribution in [0.3, 0.4) is 0 Å². The zero-order chi connectivity index (χ0) is 18.5. The molecule has 0 bridgehead atoms. The van der Waals surface area contributed by atoms with Crippen molar-refractivity contribution in [3.05, 3.63) is 48.2 Å². The van der Waals surface area contributed by atoms with Crippen LogP contribution in [0.4, 0.5) is 5.69 Å². The van der Waals surface area contributed by atoms with E-state index < -0.39 is 0 Å². The Morgan fingerprint density at radius 3 is 2.92 bits per heavy atom. The molecule has 0 aliphatic rings. The SMILES string of the molecule is CCn1c(SC(C)C(=O)Nc2cccc(C#N)c2)nnc1-c1ccco1. The minimum absolute atomic E-state index is 0.171. The summed E-state index contributed by atoms with van der Waals surface area (Å²) < 4.78 is 7.30. The number of anilines is 1. The fraction of sp³-hybridized carbons (Fsp3) is 0.222. The third-order valence-corrected chi connectivity index (χ3v) is 4.77. The van der Waals surface area contributed by atoms with Crippen molar-refractivity contribution >= 4 is 23.4 Å². The lowest BCUT2D eigenvalue weighted by Gasteiger charge is -2.12. The topological polar surface area (TPSA) is 96.7 Å². The highest BCUT2D eigenvalue weighted by atomic mass is 32.2. The number of nitrogens with zero attached hydrogens (tertiary/aromatic N) is 4. The maximum absolute atomic E-state index is 12.5. The van der Waals surface area contributed by atoms with Crippen molar-refractivity contribution in [2.24, 2.45) is 0 Å². The molecule has 0 saturated heterocycles. The van der Waals surface area contributed by atoms with E-state index in [4.69, 9.17) is 9.68 Å². The van der Waals surface area contributed by atoms with Crippen molar-refractivity contribution in [3.63, 3.8) is 0 Å². The van der Waals surface area contributed by atoms with Gasteiger partial charge in [-0.25, -0.2) is 0 Å². The number of carbonyl (C=O) groups excluding carboxylic acids is 1. The molecule has 0 radical (unpaired) electrons. The Hall–Kier alpha value is -3.05. The van der Waals surface area contributed by atoms with Crippen LogP contribution in [-0.4, -0.2) is 25.9 Å². The molecule has 7 nitrogen and oxygen atoms in total. The van der Waals surface area contributed by atoms with Gasteiger partial charge in [0.25, 0.3) is 0 Å². The minimum atomic E-state index is -0.389. The summed E-state index contributed by atoms with van der Waals surface area (Å²) in [5, 5.41) is 20.4. The van der Waals surface area contributed by atoms with E-state index in [2.05, 4.69) is 21.6 Å². The molecule has 26 heavy (non-hydrogen) atoms. The molecule has 1 unspecified atom stereocenters. The third-order valence-electron chi connectivity index (χ3n) is 3.69. The van der Waals surface area contributed by atoms with Gasteiger partial charge >= 0.3 is 0 Å². The maximum Gasteiger partial charge on any atom is 0.237 e. The molecule has 3 rings (SSSR count). The second-order valence-electron chi connectivity index (χ2n) is 5.47. The van der Waals surface area contributed by atoms with Gasteiger partial charge in [-0.1, -0.05) is 17.8 Å². The fourth-order valence-corrected chi connectivity index (χ4v) is 3.28. The fourth-order valence-electron chi connectivity index (χ4n) is 2.37. The van der Waals surface area contributed by atoms with Crippen LogP contribution in [0.15, 0.2) is 52.2 Å². The largest absolute Gasteiger partial charge is 0.461 e. The van der Waals surface area contributed by atoms with Crippen LogP contribution in [0, 0.1) is 11.3 Å².